The summed E-state index contributed by atoms with van der Waals surface area (Å²) in [4.78, 5) is 5.28. The molecule has 0 saturated heterocycles. The number of ether oxygens (including phenoxy) is 4. The molecule has 3 heterocycles. The number of hydrogen-bond acceptors (Lipinski definition) is 6. The van der Waals surface area contributed by atoms with Crippen LogP contribution in [-0.4, -0.2) is 30.5 Å². The molecule has 0 spiro atoms. The van der Waals surface area contributed by atoms with E-state index in [0.29, 0.717) is 28.4 Å². The normalized spacial score (nSPS) is 14.2. The van der Waals surface area contributed by atoms with Gasteiger partial charge in [-0.05, 0) is 35.2 Å². The molecule has 0 radical (unpaired) electrons. The van der Waals surface area contributed by atoms with Gasteiger partial charge in [0.25, 0.3) is 0 Å². The quantitative estimate of drug-likeness (QED) is 0.575. The molecule has 4 aromatic rings. The molecule has 6 rings (SSSR count). The van der Waals surface area contributed by atoms with Crippen LogP contribution in [0.5, 0.6) is 28.9 Å². The Labute approximate surface area is 159 Å². The molecule has 0 aliphatic carbocycles. The second-order valence-corrected chi connectivity index (χ2v) is 6.64. The lowest BCUT2D eigenvalue weighted by molar-refractivity contribution is 0.143. The highest BCUT2D eigenvalue weighted by molar-refractivity contribution is 6.16. The molecule has 7 nitrogen and oxygen atoms in total. The van der Waals surface area contributed by atoms with E-state index in [1.54, 1.807) is 6.20 Å². The van der Waals surface area contributed by atoms with Crippen LogP contribution in [0.25, 0.3) is 32.7 Å². The van der Waals surface area contributed by atoms with Crippen molar-refractivity contribution in [2.24, 2.45) is 0 Å². The molecule has 3 aromatic carbocycles. The summed E-state index contributed by atoms with van der Waals surface area (Å²) in [6.45, 7) is 0.383. The molecular formula is C21H15NO6. The zero-order valence-electron chi connectivity index (χ0n) is 14.9. The fraction of sp³-hybridized carbons (Fsp3) is 0.143. The third-order valence-corrected chi connectivity index (χ3v) is 5.23. The molecule has 140 valence electrons. The summed E-state index contributed by atoms with van der Waals surface area (Å²) in [5.74, 6) is 2.82. The summed E-state index contributed by atoms with van der Waals surface area (Å²) in [6.07, 6.45) is 1.76. The Morgan fingerprint density at radius 2 is 1.68 bits per heavy atom. The Morgan fingerprint density at radius 1 is 0.893 bits per heavy atom. The lowest BCUT2D eigenvalue weighted by Crippen LogP contribution is -2.01. The fourth-order valence-electron chi connectivity index (χ4n) is 3.98. The third kappa shape index (κ3) is 1.93. The van der Waals surface area contributed by atoms with Crippen LogP contribution < -0.4 is 23.8 Å². The van der Waals surface area contributed by atoms with Crippen molar-refractivity contribution in [3.8, 4) is 40.0 Å². The van der Waals surface area contributed by atoms with Crippen molar-refractivity contribution >= 4 is 21.5 Å². The number of aromatic hydroxyl groups is 1. The van der Waals surface area contributed by atoms with Crippen LogP contribution in [0, 0.1) is 0 Å². The minimum Gasteiger partial charge on any atom is -0.492 e. The number of fused-ring (bicyclic) bond motifs is 5. The molecule has 2 aliphatic heterocycles. The molecule has 2 aliphatic rings. The zero-order chi connectivity index (χ0) is 18.8. The molecule has 28 heavy (non-hydrogen) atoms. The van der Waals surface area contributed by atoms with E-state index in [9.17, 15) is 5.11 Å². The van der Waals surface area contributed by atoms with E-state index in [4.69, 9.17) is 23.8 Å². The molecule has 0 atom stereocenters. The van der Waals surface area contributed by atoms with Crippen LogP contribution >= 0.6 is 0 Å². The van der Waals surface area contributed by atoms with Crippen molar-refractivity contribution in [2.75, 3.05) is 20.7 Å². The van der Waals surface area contributed by atoms with Crippen molar-refractivity contribution in [3.05, 3.63) is 42.6 Å². The van der Waals surface area contributed by atoms with Gasteiger partial charge in [0, 0.05) is 21.7 Å². The van der Waals surface area contributed by atoms with Crippen LogP contribution in [0.4, 0.5) is 0 Å². The van der Waals surface area contributed by atoms with E-state index in [1.165, 1.54) is 11.8 Å². The Balaban J connectivity index is 1.78. The van der Waals surface area contributed by atoms with Crippen molar-refractivity contribution < 1.29 is 28.9 Å². The zero-order valence-corrected chi connectivity index (χ0v) is 14.9. The fourth-order valence-corrected chi connectivity index (χ4v) is 3.98. The van der Waals surface area contributed by atoms with Crippen molar-refractivity contribution in [2.45, 2.75) is 0 Å². The van der Waals surface area contributed by atoms with Gasteiger partial charge in [0.05, 0.1) is 6.20 Å². The largest absolute Gasteiger partial charge is 0.492 e. The third-order valence-electron chi connectivity index (χ3n) is 5.23. The van der Waals surface area contributed by atoms with Crippen LogP contribution in [0.3, 0.4) is 0 Å². The van der Waals surface area contributed by atoms with Gasteiger partial charge < -0.3 is 28.9 Å². The average Bonchev–Trinajstić information content (AvgIpc) is 3.44. The molecule has 7 heteroatoms. The predicted molar refractivity (Wildman–Crippen MR) is 101 cm³/mol. The molecule has 1 N–H and O–H groups in total. The SMILES string of the molecule is COn1cc2c(-c3ccc4c(c3)OCO4)c3c4c(ccc3cc2c1O)OCO4. The van der Waals surface area contributed by atoms with Gasteiger partial charge in [0.1, 0.15) is 7.11 Å². The summed E-state index contributed by atoms with van der Waals surface area (Å²) < 4.78 is 23.8. The van der Waals surface area contributed by atoms with Gasteiger partial charge in [-0.25, -0.2) is 0 Å². The highest BCUT2D eigenvalue weighted by Gasteiger charge is 2.25. The minimum absolute atomic E-state index is 0.0408. The van der Waals surface area contributed by atoms with Gasteiger partial charge >= 0.3 is 0 Å². The summed E-state index contributed by atoms with van der Waals surface area (Å²) in [6, 6.07) is 11.6. The van der Waals surface area contributed by atoms with E-state index < -0.39 is 0 Å². The first-order valence-electron chi connectivity index (χ1n) is 8.78. The highest BCUT2D eigenvalue weighted by Crippen LogP contribution is 2.49. The second kappa shape index (κ2) is 5.39. The van der Waals surface area contributed by atoms with E-state index in [-0.39, 0.29) is 19.5 Å². The van der Waals surface area contributed by atoms with E-state index >= 15 is 0 Å². The standard InChI is InChI=1S/C21H15NO6/c1-24-22-8-14-13(21(22)23)6-11-3-5-16-20(28-10-26-16)19(11)18(14)12-2-4-15-17(7-12)27-9-25-15/h2-8,23H,9-10H2,1H3. The summed E-state index contributed by atoms with van der Waals surface area (Å²) in [5, 5.41) is 14.0. The summed E-state index contributed by atoms with van der Waals surface area (Å²) in [7, 11) is 1.51. The number of aromatic nitrogens is 1. The Bertz CT molecular complexity index is 1280. The van der Waals surface area contributed by atoms with Gasteiger partial charge in [0.2, 0.25) is 19.5 Å². The summed E-state index contributed by atoms with van der Waals surface area (Å²) >= 11 is 0. The van der Waals surface area contributed by atoms with E-state index in [0.717, 1.165) is 27.3 Å². The van der Waals surface area contributed by atoms with Crippen LogP contribution in [0.15, 0.2) is 42.6 Å². The molecule has 1 aromatic heterocycles. The van der Waals surface area contributed by atoms with Crippen LogP contribution in [0.1, 0.15) is 0 Å². The number of nitrogens with zero attached hydrogens (tertiary/aromatic N) is 1. The maximum Gasteiger partial charge on any atom is 0.232 e. The van der Waals surface area contributed by atoms with Gasteiger partial charge in [-0.1, -0.05) is 12.1 Å². The average molecular weight is 377 g/mol. The molecule has 0 saturated carbocycles. The first kappa shape index (κ1) is 15.3. The molecule has 0 fully saturated rings. The second-order valence-electron chi connectivity index (χ2n) is 6.64. The van der Waals surface area contributed by atoms with Gasteiger partial charge in [-0.15, -0.1) is 0 Å². The predicted octanol–water partition coefficient (Wildman–Crippen LogP) is 3.68. The number of hydrogen-bond donors (Lipinski definition) is 1. The Hall–Kier alpha value is -3.74. The highest BCUT2D eigenvalue weighted by atomic mass is 16.7. The van der Waals surface area contributed by atoms with E-state index in [2.05, 4.69) is 0 Å². The maximum atomic E-state index is 10.6. The van der Waals surface area contributed by atoms with Crippen molar-refractivity contribution in [3.63, 3.8) is 0 Å². The number of rotatable bonds is 2. The topological polar surface area (TPSA) is 71.3 Å². The minimum atomic E-state index is 0.0408. The monoisotopic (exact) mass is 377 g/mol. The van der Waals surface area contributed by atoms with Crippen molar-refractivity contribution in [1.82, 2.24) is 4.73 Å². The first-order valence-corrected chi connectivity index (χ1v) is 8.78. The number of benzene rings is 3. The molecule has 0 unspecified atom stereocenters. The molecular weight excluding hydrogens is 362 g/mol. The van der Waals surface area contributed by atoms with Gasteiger partial charge in [-0.3, -0.25) is 0 Å². The van der Waals surface area contributed by atoms with Crippen molar-refractivity contribution in [1.29, 1.82) is 0 Å². The van der Waals surface area contributed by atoms with Gasteiger partial charge in [-0.2, -0.15) is 4.73 Å². The Kier molecular flexibility index (Phi) is 2.95. The van der Waals surface area contributed by atoms with Crippen LogP contribution in [-0.2, 0) is 0 Å². The smallest absolute Gasteiger partial charge is 0.232 e. The maximum absolute atomic E-state index is 10.6. The Morgan fingerprint density at radius 3 is 2.57 bits per heavy atom. The lowest BCUT2D eigenvalue weighted by atomic mass is 9.93. The molecule has 0 amide bonds. The first-order chi connectivity index (χ1) is 13.7. The van der Waals surface area contributed by atoms with Gasteiger partial charge in [0.15, 0.2) is 23.0 Å². The van der Waals surface area contributed by atoms with E-state index in [1.807, 2.05) is 36.4 Å². The lowest BCUT2D eigenvalue weighted by Gasteiger charge is -2.12. The molecule has 0 bridgehead atoms. The summed E-state index contributed by atoms with van der Waals surface area (Å²) in [5.41, 5.74) is 1.82. The van der Waals surface area contributed by atoms with Crippen LogP contribution in [0.2, 0.25) is 0 Å².